The molecule has 1 saturated heterocycles. The van der Waals surface area contributed by atoms with Crippen LogP contribution in [0.1, 0.15) is 5.56 Å². The number of nitrogens with one attached hydrogen (secondary N) is 1. The molecule has 1 heterocycles. The van der Waals surface area contributed by atoms with Crippen molar-refractivity contribution in [1.82, 2.24) is 10.2 Å². The van der Waals surface area contributed by atoms with E-state index in [1.807, 2.05) is 0 Å². The summed E-state index contributed by atoms with van der Waals surface area (Å²) in [6.07, 6.45) is 1.28. The molecule has 2 N–H and O–H groups in total. The highest BCUT2D eigenvalue weighted by Gasteiger charge is 2.35. The Morgan fingerprint density at radius 3 is 2.86 bits per heavy atom. The van der Waals surface area contributed by atoms with Gasteiger partial charge in [0, 0.05) is 10.6 Å². The Hall–Kier alpha value is -2.54. The van der Waals surface area contributed by atoms with Crippen molar-refractivity contribution in [2.45, 2.75) is 0 Å². The Balaban J connectivity index is 2.28. The molecule has 0 aliphatic carbocycles. The number of ether oxygens (including phenoxy) is 1. The molecular formula is C13H11ClN2O5. The quantitative estimate of drug-likeness (QED) is 0.495. The number of imide groups is 1. The number of benzene rings is 1. The van der Waals surface area contributed by atoms with E-state index >= 15 is 0 Å². The minimum Gasteiger partial charge on any atom is -0.507 e. The van der Waals surface area contributed by atoms with Crippen LogP contribution in [0, 0.1) is 0 Å². The smallest absolute Gasteiger partial charge is 0.329 e. The van der Waals surface area contributed by atoms with Gasteiger partial charge in [-0.3, -0.25) is 9.59 Å². The number of rotatable bonds is 3. The van der Waals surface area contributed by atoms with Crippen LogP contribution < -0.4 is 5.32 Å². The molecule has 2 rings (SSSR count). The number of hydrogen-bond acceptors (Lipinski definition) is 5. The topological polar surface area (TPSA) is 95.9 Å². The number of halogens is 1. The van der Waals surface area contributed by atoms with E-state index in [0.29, 0.717) is 9.92 Å². The number of nitrogens with zero attached hydrogens (tertiary/aromatic N) is 1. The standard InChI is InChI=1S/C13H11ClN2O5/c1-21-11(18)6-16-12(19)9(15-13(16)20)5-7-4-8(14)2-3-10(7)17/h2-5,17H,6H2,1H3,(H,15,20)/b9-5+. The minimum atomic E-state index is -0.738. The highest BCUT2D eigenvalue weighted by atomic mass is 35.5. The molecular weight excluding hydrogens is 300 g/mol. The lowest BCUT2D eigenvalue weighted by Crippen LogP contribution is -2.36. The van der Waals surface area contributed by atoms with Crippen molar-refractivity contribution in [2.75, 3.05) is 13.7 Å². The zero-order valence-electron chi connectivity index (χ0n) is 10.9. The molecule has 110 valence electrons. The third kappa shape index (κ3) is 3.14. The van der Waals surface area contributed by atoms with Crippen LogP contribution in [0.15, 0.2) is 23.9 Å². The van der Waals surface area contributed by atoms with E-state index in [2.05, 4.69) is 10.1 Å². The largest absolute Gasteiger partial charge is 0.507 e. The van der Waals surface area contributed by atoms with Crippen molar-refractivity contribution < 1.29 is 24.2 Å². The summed E-state index contributed by atoms with van der Waals surface area (Å²) in [6, 6.07) is 3.55. The monoisotopic (exact) mass is 310 g/mol. The van der Waals surface area contributed by atoms with Gasteiger partial charge in [0.1, 0.15) is 18.0 Å². The lowest BCUT2D eigenvalue weighted by molar-refractivity contribution is -0.143. The maximum Gasteiger partial charge on any atom is 0.329 e. The molecule has 7 nitrogen and oxygen atoms in total. The Kier molecular flexibility index (Phi) is 4.13. The van der Waals surface area contributed by atoms with Crippen LogP contribution in [0.2, 0.25) is 5.02 Å². The van der Waals surface area contributed by atoms with Crippen molar-refractivity contribution in [2.24, 2.45) is 0 Å². The number of esters is 1. The zero-order chi connectivity index (χ0) is 15.6. The summed E-state index contributed by atoms with van der Waals surface area (Å²) in [4.78, 5) is 35.5. The van der Waals surface area contributed by atoms with Gasteiger partial charge in [0.2, 0.25) is 0 Å². The summed E-state index contributed by atoms with van der Waals surface area (Å²) in [7, 11) is 1.15. The van der Waals surface area contributed by atoms with Gasteiger partial charge in [0.25, 0.3) is 5.91 Å². The third-order valence-corrected chi connectivity index (χ3v) is 3.00. The molecule has 0 bridgehead atoms. The highest BCUT2D eigenvalue weighted by molar-refractivity contribution is 6.30. The molecule has 0 aromatic heterocycles. The molecule has 1 aliphatic rings. The molecule has 3 amide bonds. The first kappa shape index (κ1) is 14.9. The van der Waals surface area contributed by atoms with E-state index in [4.69, 9.17) is 11.6 Å². The molecule has 1 aromatic carbocycles. The zero-order valence-corrected chi connectivity index (χ0v) is 11.7. The summed E-state index contributed by atoms with van der Waals surface area (Å²) in [5.74, 6) is -1.50. The Morgan fingerprint density at radius 2 is 2.19 bits per heavy atom. The summed E-state index contributed by atoms with van der Waals surface area (Å²) >= 11 is 5.80. The molecule has 21 heavy (non-hydrogen) atoms. The lowest BCUT2D eigenvalue weighted by Gasteiger charge is -2.09. The van der Waals surface area contributed by atoms with Gasteiger partial charge >= 0.3 is 12.0 Å². The Morgan fingerprint density at radius 1 is 1.48 bits per heavy atom. The number of hydrogen-bond donors (Lipinski definition) is 2. The Bertz CT molecular complexity index is 656. The van der Waals surface area contributed by atoms with Gasteiger partial charge in [-0.15, -0.1) is 0 Å². The fourth-order valence-corrected chi connectivity index (χ4v) is 1.89. The SMILES string of the molecule is COC(=O)CN1C(=O)N/C(=C/c2cc(Cl)ccc2O)C1=O. The van der Waals surface area contributed by atoms with Crippen molar-refractivity contribution in [1.29, 1.82) is 0 Å². The molecule has 0 atom stereocenters. The van der Waals surface area contributed by atoms with Crippen molar-refractivity contribution in [3.63, 3.8) is 0 Å². The molecule has 0 saturated carbocycles. The van der Waals surface area contributed by atoms with E-state index < -0.39 is 24.5 Å². The normalized spacial score (nSPS) is 16.3. The number of carbonyl (C=O) groups excluding carboxylic acids is 3. The molecule has 0 unspecified atom stereocenters. The summed E-state index contributed by atoms with van der Waals surface area (Å²) in [5.41, 5.74) is 0.201. The van der Waals surface area contributed by atoms with Gasteiger partial charge < -0.3 is 15.2 Å². The predicted molar refractivity (Wildman–Crippen MR) is 73.4 cm³/mol. The van der Waals surface area contributed by atoms with Crippen LogP contribution in [-0.2, 0) is 14.3 Å². The third-order valence-electron chi connectivity index (χ3n) is 2.77. The number of aromatic hydroxyl groups is 1. The van der Waals surface area contributed by atoms with Gasteiger partial charge in [0.15, 0.2) is 0 Å². The maximum atomic E-state index is 12.0. The second-order valence-corrected chi connectivity index (χ2v) is 4.60. The van der Waals surface area contributed by atoms with Crippen LogP contribution in [-0.4, -0.2) is 41.6 Å². The van der Waals surface area contributed by atoms with Gasteiger partial charge in [-0.2, -0.15) is 0 Å². The second-order valence-electron chi connectivity index (χ2n) is 4.16. The maximum absolute atomic E-state index is 12.0. The van der Waals surface area contributed by atoms with Gasteiger partial charge in [-0.05, 0) is 24.3 Å². The number of urea groups is 1. The highest BCUT2D eigenvalue weighted by Crippen LogP contribution is 2.24. The molecule has 8 heteroatoms. The lowest BCUT2D eigenvalue weighted by atomic mass is 10.1. The molecule has 1 fully saturated rings. The van der Waals surface area contributed by atoms with Crippen LogP contribution in [0.25, 0.3) is 6.08 Å². The van der Waals surface area contributed by atoms with E-state index in [1.165, 1.54) is 24.3 Å². The van der Waals surface area contributed by atoms with E-state index in [0.717, 1.165) is 7.11 Å². The number of amides is 3. The fourth-order valence-electron chi connectivity index (χ4n) is 1.71. The minimum absolute atomic E-state index is 0.0681. The fraction of sp³-hybridized carbons (Fsp3) is 0.154. The number of phenolic OH excluding ortho intramolecular Hbond substituents is 1. The number of phenols is 1. The second kappa shape index (κ2) is 5.84. The molecule has 0 radical (unpaired) electrons. The van der Waals surface area contributed by atoms with Crippen molar-refractivity contribution in [3.8, 4) is 5.75 Å². The average molecular weight is 311 g/mol. The van der Waals surface area contributed by atoms with Crippen LogP contribution in [0.3, 0.4) is 0 Å². The van der Waals surface area contributed by atoms with Crippen molar-refractivity contribution in [3.05, 3.63) is 34.5 Å². The van der Waals surface area contributed by atoms with Crippen molar-refractivity contribution >= 4 is 35.6 Å². The molecule has 1 aliphatic heterocycles. The predicted octanol–water partition coefficient (Wildman–Crippen LogP) is 1.11. The first-order valence-corrected chi connectivity index (χ1v) is 6.20. The van der Waals surface area contributed by atoms with E-state index in [9.17, 15) is 19.5 Å². The van der Waals surface area contributed by atoms with E-state index in [-0.39, 0.29) is 17.0 Å². The van der Waals surface area contributed by atoms with Crippen LogP contribution in [0.4, 0.5) is 4.79 Å². The first-order valence-electron chi connectivity index (χ1n) is 5.82. The first-order chi connectivity index (χ1) is 9.92. The average Bonchev–Trinajstić information content (AvgIpc) is 2.70. The summed E-state index contributed by atoms with van der Waals surface area (Å²) in [5, 5.41) is 12.4. The molecule has 1 aromatic rings. The molecule has 0 spiro atoms. The van der Waals surface area contributed by atoms with E-state index in [1.54, 1.807) is 0 Å². The summed E-state index contributed by atoms with van der Waals surface area (Å²) < 4.78 is 4.41. The number of carbonyl (C=O) groups is 3. The van der Waals surface area contributed by atoms with Gasteiger partial charge in [-0.25, -0.2) is 9.69 Å². The Labute approximate surface area is 124 Å². The van der Waals surface area contributed by atoms with Crippen LogP contribution >= 0.6 is 11.6 Å². The number of methoxy groups -OCH3 is 1. The summed E-state index contributed by atoms with van der Waals surface area (Å²) in [6.45, 7) is -0.486. The van der Waals surface area contributed by atoms with Gasteiger partial charge in [0.05, 0.1) is 7.11 Å². The van der Waals surface area contributed by atoms with Crippen LogP contribution in [0.5, 0.6) is 5.75 Å². The van der Waals surface area contributed by atoms with Gasteiger partial charge in [-0.1, -0.05) is 11.6 Å².